The Balaban J connectivity index is 1.69. The molecule has 2 rings (SSSR count). The van der Waals surface area contributed by atoms with Crippen LogP contribution >= 0.6 is 11.3 Å². The Bertz CT molecular complexity index is 518. The van der Waals surface area contributed by atoms with E-state index in [0.29, 0.717) is 0 Å². The highest BCUT2D eigenvalue weighted by Crippen LogP contribution is 2.17. The van der Waals surface area contributed by atoms with Crippen LogP contribution in [0.5, 0.6) is 0 Å². The van der Waals surface area contributed by atoms with Crippen LogP contribution in [0, 0.1) is 13.8 Å². The Hall–Kier alpha value is -1.14. The van der Waals surface area contributed by atoms with E-state index in [1.54, 1.807) is 11.3 Å². The number of hydrogen-bond acceptors (Lipinski definition) is 4. The van der Waals surface area contributed by atoms with E-state index in [4.69, 9.17) is 4.99 Å². The summed E-state index contributed by atoms with van der Waals surface area (Å²) >= 11 is 1.80. The van der Waals surface area contributed by atoms with Gasteiger partial charge < -0.3 is 15.5 Å². The minimum Gasteiger partial charge on any atom is -0.357 e. The molecule has 1 aromatic heterocycles. The van der Waals surface area contributed by atoms with Gasteiger partial charge in [-0.3, -0.25) is 4.99 Å². The number of hydrogen-bond donors (Lipinski definition) is 2. The van der Waals surface area contributed by atoms with E-state index in [9.17, 15) is 0 Å². The van der Waals surface area contributed by atoms with E-state index < -0.39 is 0 Å². The van der Waals surface area contributed by atoms with Crippen LogP contribution in [0.15, 0.2) is 4.99 Å². The highest BCUT2D eigenvalue weighted by molar-refractivity contribution is 7.11. The number of aryl methyl sites for hydroxylation is 2. The molecule has 0 aromatic carbocycles. The SMILES string of the molecule is CCNC(=NCCCN1CCCCCC1)NCCc1sc(C)nc1C. The minimum atomic E-state index is 0.893. The normalized spacial score (nSPS) is 16.7. The van der Waals surface area contributed by atoms with Gasteiger partial charge in [0.05, 0.1) is 10.7 Å². The predicted octanol–water partition coefficient (Wildman–Crippen LogP) is 3.12. The maximum absolute atomic E-state index is 4.74. The quantitative estimate of drug-likeness (QED) is 0.422. The van der Waals surface area contributed by atoms with Gasteiger partial charge in [-0.2, -0.15) is 0 Å². The molecule has 25 heavy (non-hydrogen) atoms. The van der Waals surface area contributed by atoms with Gasteiger partial charge in [0.15, 0.2) is 5.96 Å². The van der Waals surface area contributed by atoms with Gasteiger partial charge in [-0.1, -0.05) is 12.8 Å². The molecule has 0 aliphatic carbocycles. The summed E-state index contributed by atoms with van der Waals surface area (Å²) in [5, 5.41) is 7.96. The summed E-state index contributed by atoms with van der Waals surface area (Å²) < 4.78 is 0. The molecule has 0 unspecified atom stereocenters. The molecular weight excluding hydrogens is 330 g/mol. The second kappa shape index (κ2) is 11.5. The third-order valence-electron chi connectivity index (χ3n) is 4.59. The number of aliphatic imine (C=N–C) groups is 1. The third kappa shape index (κ3) is 7.74. The first-order chi connectivity index (χ1) is 12.2. The summed E-state index contributed by atoms with van der Waals surface area (Å²) in [5.41, 5.74) is 1.17. The van der Waals surface area contributed by atoms with Gasteiger partial charge in [-0.25, -0.2) is 4.98 Å². The largest absolute Gasteiger partial charge is 0.357 e. The molecule has 2 heterocycles. The maximum Gasteiger partial charge on any atom is 0.191 e. The van der Waals surface area contributed by atoms with Gasteiger partial charge >= 0.3 is 0 Å². The smallest absolute Gasteiger partial charge is 0.191 e. The van der Waals surface area contributed by atoms with Crippen molar-refractivity contribution in [1.29, 1.82) is 0 Å². The molecule has 0 radical (unpaired) electrons. The number of aromatic nitrogens is 1. The topological polar surface area (TPSA) is 52.6 Å². The van der Waals surface area contributed by atoms with Crippen LogP contribution in [0.25, 0.3) is 0 Å². The molecule has 0 saturated carbocycles. The van der Waals surface area contributed by atoms with Crippen molar-refractivity contribution in [3.63, 3.8) is 0 Å². The van der Waals surface area contributed by atoms with Crippen molar-refractivity contribution in [1.82, 2.24) is 20.5 Å². The predicted molar refractivity (Wildman–Crippen MR) is 109 cm³/mol. The second-order valence-corrected chi connectivity index (χ2v) is 8.08. The van der Waals surface area contributed by atoms with Crippen LogP contribution < -0.4 is 10.6 Å². The van der Waals surface area contributed by atoms with E-state index >= 15 is 0 Å². The van der Waals surface area contributed by atoms with Crippen molar-refractivity contribution >= 4 is 17.3 Å². The number of nitrogens with one attached hydrogen (secondary N) is 2. The molecule has 2 N–H and O–H groups in total. The van der Waals surface area contributed by atoms with Gasteiger partial charge in [0, 0.05) is 30.9 Å². The first kappa shape index (κ1) is 20.2. The number of nitrogens with zero attached hydrogens (tertiary/aromatic N) is 3. The van der Waals surface area contributed by atoms with Crippen LogP contribution in [-0.2, 0) is 6.42 Å². The Morgan fingerprint density at radius 3 is 2.56 bits per heavy atom. The number of likely N-dealkylation sites (tertiary alicyclic amines) is 1. The Morgan fingerprint density at radius 2 is 1.92 bits per heavy atom. The lowest BCUT2D eigenvalue weighted by atomic mass is 10.2. The standard InChI is InChI=1S/C19H35N5S/c1-4-20-19(22-12-10-18-16(2)23-17(3)25-18)21-11-9-15-24-13-7-5-6-8-14-24/h4-15H2,1-3H3,(H2,20,21,22). The molecule has 142 valence electrons. The van der Waals surface area contributed by atoms with Crippen molar-refractivity contribution < 1.29 is 0 Å². The highest BCUT2D eigenvalue weighted by Gasteiger charge is 2.08. The van der Waals surface area contributed by atoms with E-state index in [1.807, 2.05) is 0 Å². The van der Waals surface area contributed by atoms with Crippen molar-refractivity contribution in [3.05, 3.63) is 15.6 Å². The fourth-order valence-electron chi connectivity index (χ4n) is 3.29. The number of guanidine groups is 1. The first-order valence-electron chi connectivity index (χ1n) is 9.86. The number of rotatable bonds is 8. The van der Waals surface area contributed by atoms with E-state index in [1.165, 1.54) is 55.9 Å². The summed E-state index contributed by atoms with van der Waals surface area (Å²) in [4.78, 5) is 13.2. The molecule has 0 atom stereocenters. The maximum atomic E-state index is 4.74. The van der Waals surface area contributed by atoms with Crippen LogP contribution in [0.3, 0.4) is 0 Å². The Labute approximate surface area is 157 Å². The average molecular weight is 366 g/mol. The van der Waals surface area contributed by atoms with E-state index in [-0.39, 0.29) is 0 Å². The molecule has 6 heteroatoms. The molecule has 0 bridgehead atoms. The second-order valence-electron chi connectivity index (χ2n) is 6.79. The Kier molecular flexibility index (Phi) is 9.26. The summed E-state index contributed by atoms with van der Waals surface area (Å²) in [6, 6.07) is 0. The molecule has 0 amide bonds. The summed E-state index contributed by atoms with van der Waals surface area (Å²) in [7, 11) is 0. The molecule has 1 aliphatic heterocycles. The van der Waals surface area contributed by atoms with Crippen LogP contribution in [0.1, 0.15) is 54.6 Å². The van der Waals surface area contributed by atoms with Crippen LogP contribution in [0.2, 0.25) is 0 Å². The van der Waals surface area contributed by atoms with Gasteiger partial charge in [0.2, 0.25) is 0 Å². The van der Waals surface area contributed by atoms with Crippen molar-refractivity contribution in [2.24, 2.45) is 4.99 Å². The first-order valence-corrected chi connectivity index (χ1v) is 10.7. The zero-order valence-corrected chi connectivity index (χ0v) is 17.1. The zero-order chi connectivity index (χ0) is 17.9. The minimum absolute atomic E-state index is 0.893. The average Bonchev–Trinajstić information content (AvgIpc) is 2.78. The monoisotopic (exact) mass is 365 g/mol. The van der Waals surface area contributed by atoms with Gasteiger partial charge in [0.25, 0.3) is 0 Å². The third-order valence-corrected chi connectivity index (χ3v) is 5.72. The van der Waals surface area contributed by atoms with Gasteiger partial charge in [-0.05, 0) is 59.7 Å². The van der Waals surface area contributed by atoms with Crippen LogP contribution in [0.4, 0.5) is 0 Å². The molecule has 1 aliphatic rings. The molecule has 0 spiro atoms. The fourth-order valence-corrected chi connectivity index (χ4v) is 4.22. The molecule has 1 fully saturated rings. The van der Waals surface area contributed by atoms with Crippen molar-refractivity contribution in [2.75, 3.05) is 39.3 Å². The lowest BCUT2D eigenvalue weighted by Gasteiger charge is -2.19. The van der Waals surface area contributed by atoms with Crippen LogP contribution in [-0.4, -0.2) is 55.1 Å². The lowest BCUT2D eigenvalue weighted by Crippen LogP contribution is -2.38. The lowest BCUT2D eigenvalue weighted by molar-refractivity contribution is 0.283. The fraction of sp³-hybridized carbons (Fsp3) is 0.789. The van der Waals surface area contributed by atoms with Gasteiger partial charge in [0.1, 0.15) is 0 Å². The highest BCUT2D eigenvalue weighted by atomic mass is 32.1. The summed E-state index contributed by atoms with van der Waals surface area (Å²) in [5.74, 6) is 0.942. The van der Waals surface area contributed by atoms with E-state index in [2.05, 4.69) is 41.3 Å². The van der Waals surface area contributed by atoms with Crippen molar-refractivity contribution in [2.45, 2.75) is 59.3 Å². The molecule has 5 nitrogen and oxygen atoms in total. The molecule has 1 saturated heterocycles. The molecule has 1 aromatic rings. The molecular formula is C19H35N5S. The van der Waals surface area contributed by atoms with Gasteiger partial charge in [-0.15, -0.1) is 11.3 Å². The summed E-state index contributed by atoms with van der Waals surface area (Å²) in [6.45, 7) is 12.7. The zero-order valence-electron chi connectivity index (χ0n) is 16.2. The Morgan fingerprint density at radius 1 is 1.16 bits per heavy atom. The van der Waals surface area contributed by atoms with E-state index in [0.717, 1.165) is 43.4 Å². The summed E-state index contributed by atoms with van der Waals surface area (Å²) in [6.07, 6.45) is 7.69. The number of thiazole rings is 1. The van der Waals surface area contributed by atoms with Crippen molar-refractivity contribution in [3.8, 4) is 0 Å².